The monoisotopic (exact) mass is 577 g/mol. The van der Waals surface area contributed by atoms with Gasteiger partial charge >= 0.3 is 6.18 Å². The number of amides is 2. The van der Waals surface area contributed by atoms with Gasteiger partial charge in [-0.3, -0.25) is 9.59 Å². The fraction of sp³-hybridized carbons (Fsp3) is 0.613. The van der Waals surface area contributed by atoms with Crippen LogP contribution in [0.3, 0.4) is 0 Å². The summed E-state index contributed by atoms with van der Waals surface area (Å²) in [6.45, 7) is 4.25. The van der Waals surface area contributed by atoms with Crippen LogP contribution in [-0.4, -0.2) is 66.6 Å². The number of nitrogens with two attached hydrogens (primary N) is 1. The number of carbonyl (C=O) groups excluding carboxylic acids is 2. The maximum Gasteiger partial charge on any atom is 0.395 e. The van der Waals surface area contributed by atoms with Crippen LogP contribution in [0.1, 0.15) is 74.2 Å². The smallest absolute Gasteiger partial charge is 0.395 e. The zero-order valence-electron chi connectivity index (χ0n) is 23.5. The van der Waals surface area contributed by atoms with Gasteiger partial charge < -0.3 is 20.3 Å². The van der Waals surface area contributed by atoms with Crippen molar-refractivity contribution in [3.8, 4) is 0 Å². The van der Waals surface area contributed by atoms with Crippen LogP contribution in [0.2, 0.25) is 0 Å². The normalized spacial score (nSPS) is 26.9. The number of nitrogens with zero attached hydrogens (tertiary/aromatic N) is 2. The van der Waals surface area contributed by atoms with Gasteiger partial charge in [-0.1, -0.05) is 25.5 Å². The number of halogens is 4. The number of alkyl halides is 3. The molecule has 4 aliphatic rings. The first-order valence-electron chi connectivity index (χ1n) is 14.6. The Balaban J connectivity index is 1.12. The highest BCUT2D eigenvalue weighted by molar-refractivity contribution is 5.97. The maximum atomic E-state index is 15.3. The lowest BCUT2D eigenvalue weighted by Gasteiger charge is -2.47. The molecule has 2 aliphatic carbocycles. The number of ether oxygens (including phenoxy) is 1. The number of piperidine rings is 1. The highest BCUT2D eigenvalue weighted by Gasteiger charge is 2.58. The topological polar surface area (TPSA) is 75.9 Å². The largest absolute Gasteiger partial charge is 0.494 e. The summed E-state index contributed by atoms with van der Waals surface area (Å²) in [5.74, 6) is -0.452. The molecule has 3 fully saturated rings. The molecule has 1 saturated carbocycles. The first kappa shape index (κ1) is 29.6. The number of primary amides is 1. The van der Waals surface area contributed by atoms with Gasteiger partial charge in [-0.2, -0.15) is 13.2 Å². The van der Waals surface area contributed by atoms with Gasteiger partial charge in [-0.15, -0.1) is 0 Å². The average Bonchev–Trinajstić information content (AvgIpc) is 3.40. The SMILES string of the molecule is CC1(c2ccc(C(=O)N3CCC[C@H]3C(N)=O)cc2F)C=CC(OCC2CCN(CC3(C(F)(F)F)CCC3)CC2)=CC1. The molecule has 0 bridgehead atoms. The van der Waals surface area contributed by atoms with Crippen molar-refractivity contribution in [1.29, 1.82) is 0 Å². The van der Waals surface area contributed by atoms with Crippen LogP contribution in [0.4, 0.5) is 17.6 Å². The van der Waals surface area contributed by atoms with Gasteiger partial charge in [-0.05, 0) is 93.8 Å². The van der Waals surface area contributed by atoms with E-state index in [2.05, 4.69) is 0 Å². The standard InChI is InChI=1S/C31H39F4N3O3/c1-29(24-6-5-22(18-25(24)32)28(40)38-15-2-4-26(38)27(36)39)13-7-23(8-14-29)41-19-21-9-16-37(17-10-21)20-30(11-3-12-30)31(33,34)35/h5-8,13,18,21,26H,2-4,9-12,14-17,19-20H2,1H3,(H2,36,39)/t26-,29?/m0/s1. The van der Waals surface area contributed by atoms with Crippen LogP contribution < -0.4 is 5.73 Å². The minimum absolute atomic E-state index is 0.106. The third-order valence-corrected chi connectivity index (χ3v) is 9.65. The number of rotatable bonds is 8. The molecular weight excluding hydrogens is 538 g/mol. The number of benzene rings is 1. The van der Waals surface area contributed by atoms with Crippen LogP contribution in [0.25, 0.3) is 0 Å². The summed E-state index contributed by atoms with van der Waals surface area (Å²) in [6.07, 6.45) is 5.98. The van der Waals surface area contributed by atoms with Gasteiger partial charge in [0.15, 0.2) is 0 Å². The summed E-state index contributed by atoms with van der Waals surface area (Å²) in [4.78, 5) is 28.0. The molecule has 10 heteroatoms. The summed E-state index contributed by atoms with van der Waals surface area (Å²) >= 11 is 0. The van der Waals surface area contributed by atoms with E-state index in [-0.39, 0.29) is 30.9 Å². The summed E-state index contributed by atoms with van der Waals surface area (Å²) in [5, 5.41) is 0. The van der Waals surface area contributed by atoms with Gasteiger partial charge in [-0.25, -0.2) is 4.39 Å². The fourth-order valence-corrected chi connectivity index (χ4v) is 6.69. The van der Waals surface area contributed by atoms with Crippen LogP contribution in [0, 0.1) is 17.2 Å². The van der Waals surface area contributed by atoms with Crippen molar-refractivity contribution in [2.75, 3.05) is 32.8 Å². The minimum atomic E-state index is -4.13. The molecule has 2 heterocycles. The Morgan fingerprint density at radius 1 is 1.10 bits per heavy atom. The van der Waals surface area contributed by atoms with E-state index in [9.17, 15) is 22.8 Å². The Bertz CT molecular complexity index is 1220. The molecule has 6 nitrogen and oxygen atoms in total. The first-order chi connectivity index (χ1) is 19.4. The quantitative estimate of drug-likeness (QED) is 0.416. The number of likely N-dealkylation sites (tertiary alicyclic amines) is 2. The summed E-state index contributed by atoms with van der Waals surface area (Å²) < 4.78 is 61.9. The van der Waals surface area contributed by atoms with E-state index < -0.39 is 40.7 Å². The molecule has 2 N–H and O–H groups in total. The van der Waals surface area contributed by atoms with Gasteiger partial charge in [0.25, 0.3) is 5.91 Å². The van der Waals surface area contributed by atoms with E-state index >= 15 is 4.39 Å². The van der Waals surface area contributed by atoms with Crippen molar-refractivity contribution in [2.45, 2.75) is 75.9 Å². The predicted octanol–water partition coefficient (Wildman–Crippen LogP) is 5.48. The third kappa shape index (κ3) is 6.03. The highest BCUT2D eigenvalue weighted by atomic mass is 19.4. The molecule has 2 aliphatic heterocycles. The highest BCUT2D eigenvalue weighted by Crippen LogP contribution is 2.53. The van der Waals surface area contributed by atoms with Crippen LogP contribution in [0.15, 0.2) is 42.2 Å². The molecule has 2 amide bonds. The second-order valence-corrected chi connectivity index (χ2v) is 12.5. The zero-order chi connectivity index (χ0) is 29.4. The summed E-state index contributed by atoms with van der Waals surface area (Å²) in [5.41, 5.74) is 3.94. The van der Waals surface area contributed by atoms with Crippen molar-refractivity contribution in [3.63, 3.8) is 0 Å². The lowest BCUT2D eigenvalue weighted by Crippen LogP contribution is -2.53. The van der Waals surface area contributed by atoms with Gasteiger partial charge in [0.2, 0.25) is 5.91 Å². The Kier molecular flexibility index (Phi) is 8.25. The lowest BCUT2D eigenvalue weighted by atomic mass is 9.67. The molecule has 0 radical (unpaired) electrons. The van der Waals surface area contributed by atoms with E-state index in [1.54, 1.807) is 12.1 Å². The van der Waals surface area contributed by atoms with E-state index in [0.717, 1.165) is 12.8 Å². The molecule has 41 heavy (non-hydrogen) atoms. The molecule has 2 atom stereocenters. The van der Waals surface area contributed by atoms with Crippen LogP contribution in [-0.2, 0) is 14.9 Å². The van der Waals surface area contributed by atoms with E-state index in [4.69, 9.17) is 10.5 Å². The molecule has 1 aromatic carbocycles. The van der Waals surface area contributed by atoms with Crippen molar-refractivity contribution in [3.05, 3.63) is 59.1 Å². The maximum absolute atomic E-state index is 15.3. The second-order valence-electron chi connectivity index (χ2n) is 12.5. The van der Waals surface area contributed by atoms with E-state index in [1.807, 2.05) is 30.1 Å². The second kappa shape index (κ2) is 11.4. The molecule has 224 valence electrons. The Hall–Kier alpha value is -2.88. The summed E-state index contributed by atoms with van der Waals surface area (Å²) in [6, 6.07) is 3.80. The molecule has 0 spiro atoms. The minimum Gasteiger partial charge on any atom is -0.494 e. The number of hydrogen-bond acceptors (Lipinski definition) is 4. The summed E-state index contributed by atoms with van der Waals surface area (Å²) in [7, 11) is 0. The first-order valence-corrected chi connectivity index (χ1v) is 14.6. The Morgan fingerprint density at radius 2 is 1.83 bits per heavy atom. The predicted molar refractivity (Wildman–Crippen MR) is 146 cm³/mol. The number of allylic oxidation sites excluding steroid dienone is 3. The number of carbonyl (C=O) groups is 2. The molecule has 0 aromatic heterocycles. The molecule has 1 aromatic rings. The van der Waals surface area contributed by atoms with Gasteiger partial charge in [0.1, 0.15) is 17.6 Å². The third-order valence-electron chi connectivity index (χ3n) is 9.65. The molecular formula is C31H39F4N3O3. The Morgan fingerprint density at radius 3 is 2.39 bits per heavy atom. The Labute approximate surface area is 238 Å². The molecule has 1 unspecified atom stereocenters. The van der Waals surface area contributed by atoms with Crippen molar-refractivity contribution >= 4 is 11.8 Å². The van der Waals surface area contributed by atoms with Crippen molar-refractivity contribution in [2.24, 2.45) is 17.1 Å². The van der Waals surface area contributed by atoms with E-state index in [1.165, 1.54) is 11.0 Å². The van der Waals surface area contributed by atoms with Gasteiger partial charge in [0.05, 0.1) is 12.0 Å². The fourth-order valence-electron chi connectivity index (χ4n) is 6.69. The lowest BCUT2D eigenvalue weighted by molar-refractivity contribution is -0.256. The average molecular weight is 578 g/mol. The van der Waals surface area contributed by atoms with Crippen molar-refractivity contribution < 1.29 is 31.9 Å². The van der Waals surface area contributed by atoms with E-state index in [0.29, 0.717) is 63.2 Å². The zero-order valence-corrected chi connectivity index (χ0v) is 23.5. The number of hydrogen-bond donors (Lipinski definition) is 1. The molecule has 2 saturated heterocycles. The van der Waals surface area contributed by atoms with Gasteiger partial charge in [0, 0.05) is 24.1 Å². The van der Waals surface area contributed by atoms with Crippen LogP contribution in [0.5, 0.6) is 0 Å². The van der Waals surface area contributed by atoms with Crippen LogP contribution >= 0.6 is 0 Å². The molecule has 5 rings (SSSR count). The van der Waals surface area contributed by atoms with Crippen molar-refractivity contribution in [1.82, 2.24) is 9.80 Å².